The summed E-state index contributed by atoms with van der Waals surface area (Å²) in [5.41, 5.74) is 5.26. The van der Waals surface area contributed by atoms with E-state index in [9.17, 15) is 9.59 Å². The van der Waals surface area contributed by atoms with Gasteiger partial charge in [0, 0.05) is 30.3 Å². The van der Waals surface area contributed by atoms with Gasteiger partial charge in [0.1, 0.15) is 12.2 Å². The molecule has 0 aliphatic carbocycles. The molecule has 0 unspecified atom stereocenters. The van der Waals surface area contributed by atoms with Crippen molar-refractivity contribution in [2.45, 2.75) is 51.2 Å². The van der Waals surface area contributed by atoms with Gasteiger partial charge in [0.25, 0.3) is 0 Å². The van der Waals surface area contributed by atoms with Crippen LogP contribution in [0.4, 0.5) is 5.69 Å². The van der Waals surface area contributed by atoms with Crippen LogP contribution < -0.4 is 15.5 Å². The molecule has 0 saturated carbocycles. The number of carbonyl (C=O) groups excluding carboxylic acids is 2. The number of amides is 2. The number of rotatable bonds is 10. The number of benzodiazepines with no additional fused rings is 1. The first kappa shape index (κ1) is 26.1. The van der Waals surface area contributed by atoms with Crippen LogP contribution in [0.3, 0.4) is 0 Å². The van der Waals surface area contributed by atoms with Crippen molar-refractivity contribution in [3.63, 3.8) is 0 Å². The zero-order valence-corrected chi connectivity index (χ0v) is 21.7. The number of nitrogens with zero attached hydrogens (tertiary/aromatic N) is 2. The van der Waals surface area contributed by atoms with Crippen LogP contribution in [-0.2, 0) is 16.0 Å². The van der Waals surface area contributed by atoms with Crippen LogP contribution in [0.5, 0.6) is 0 Å². The lowest BCUT2D eigenvalue weighted by Crippen LogP contribution is -2.50. The van der Waals surface area contributed by atoms with E-state index < -0.39 is 12.2 Å². The van der Waals surface area contributed by atoms with Gasteiger partial charge in [-0.05, 0) is 37.8 Å². The van der Waals surface area contributed by atoms with Crippen molar-refractivity contribution in [3.05, 3.63) is 102 Å². The molecular formula is C31H36N4O2. The highest BCUT2D eigenvalue weighted by Crippen LogP contribution is 2.26. The summed E-state index contributed by atoms with van der Waals surface area (Å²) in [5, 5.41) is 5.89. The van der Waals surface area contributed by atoms with Gasteiger partial charge >= 0.3 is 0 Å². The largest absolute Gasteiger partial charge is 0.370 e. The molecule has 3 aromatic rings. The van der Waals surface area contributed by atoms with Crippen molar-refractivity contribution in [1.29, 1.82) is 0 Å². The van der Waals surface area contributed by atoms with Crippen LogP contribution in [0.1, 0.15) is 49.3 Å². The van der Waals surface area contributed by atoms with Crippen molar-refractivity contribution in [2.75, 3.05) is 18.5 Å². The second kappa shape index (κ2) is 12.9. The van der Waals surface area contributed by atoms with E-state index in [1.807, 2.05) is 55.6 Å². The Kier molecular flexibility index (Phi) is 9.08. The SMILES string of the molecule is C[C@H](NC(=O)CCCCCc1ccccc1)C(=O)N[C@@H]1CN(C)c2ccccc2C(c2ccccc2)=N1. The Morgan fingerprint density at radius 2 is 1.59 bits per heavy atom. The first-order valence-electron chi connectivity index (χ1n) is 13.1. The van der Waals surface area contributed by atoms with Crippen molar-refractivity contribution in [2.24, 2.45) is 4.99 Å². The minimum Gasteiger partial charge on any atom is -0.370 e. The quantitative estimate of drug-likeness (QED) is 0.399. The molecule has 1 aliphatic heterocycles. The van der Waals surface area contributed by atoms with E-state index >= 15 is 0 Å². The Labute approximate surface area is 219 Å². The number of hydrogen-bond donors (Lipinski definition) is 2. The average molecular weight is 497 g/mol. The molecule has 1 aliphatic rings. The Balaban J connectivity index is 1.31. The molecule has 192 valence electrons. The predicted octanol–water partition coefficient (Wildman–Crippen LogP) is 4.72. The van der Waals surface area contributed by atoms with Gasteiger partial charge in [-0.25, -0.2) is 0 Å². The summed E-state index contributed by atoms with van der Waals surface area (Å²) in [6, 6.07) is 27.9. The Bertz CT molecular complexity index is 1210. The van der Waals surface area contributed by atoms with Crippen molar-refractivity contribution < 1.29 is 9.59 Å². The Morgan fingerprint density at radius 3 is 2.35 bits per heavy atom. The maximum Gasteiger partial charge on any atom is 0.243 e. The molecule has 0 saturated heterocycles. The molecule has 0 radical (unpaired) electrons. The number of fused-ring (bicyclic) bond motifs is 1. The van der Waals surface area contributed by atoms with E-state index in [1.54, 1.807) is 6.92 Å². The molecule has 37 heavy (non-hydrogen) atoms. The second-order valence-electron chi connectivity index (χ2n) is 9.60. The van der Waals surface area contributed by atoms with Crippen molar-refractivity contribution in [3.8, 4) is 0 Å². The smallest absolute Gasteiger partial charge is 0.243 e. The van der Waals surface area contributed by atoms with E-state index in [-0.39, 0.29) is 11.8 Å². The fourth-order valence-corrected chi connectivity index (χ4v) is 4.64. The fourth-order valence-electron chi connectivity index (χ4n) is 4.64. The summed E-state index contributed by atoms with van der Waals surface area (Å²) in [6.07, 6.45) is 3.83. The highest BCUT2D eigenvalue weighted by Gasteiger charge is 2.25. The number of carbonyl (C=O) groups is 2. The van der Waals surface area contributed by atoms with Crippen LogP contribution in [0, 0.1) is 0 Å². The number of aliphatic imine (C=N–C) groups is 1. The minimum atomic E-state index is -0.636. The van der Waals surface area contributed by atoms with Gasteiger partial charge in [-0.3, -0.25) is 14.6 Å². The summed E-state index contributed by atoms with van der Waals surface area (Å²) in [6.45, 7) is 2.25. The molecule has 0 fully saturated rings. The number of hydrogen-bond acceptors (Lipinski definition) is 4. The lowest BCUT2D eigenvalue weighted by molar-refractivity contribution is -0.129. The molecule has 1 heterocycles. The van der Waals surface area contributed by atoms with Crippen LogP contribution in [0.25, 0.3) is 0 Å². The molecule has 6 nitrogen and oxygen atoms in total. The zero-order chi connectivity index (χ0) is 26.0. The number of para-hydroxylation sites is 1. The number of nitrogens with one attached hydrogen (secondary N) is 2. The third-order valence-corrected chi connectivity index (χ3v) is 6.64. The normalized spacial score (nSPS) is 15.7. The Morgan fingerprint density at radius 1 is 0.919 bits per heavy atom. The van der Waals surface area contributed by atoms with Gasteiger partial charge in [-0.2, -0.15) is 0 Å². The lowest BCUT2D eigenvalue weighted by Gasteiger charge is -2.24. The first-order chi connectivity index (χ1) is 18.0. The number of aryl methyl sites for hydroxylation is 1. The van der Waals surface area contributed by atoms with Gasteiger partial charge < -0.3 is 15.5 Å². The third kappa shape index (κ3) is 7.29. The summed E-state index contributed by atoms with van der Waals surface area (Å²) >= 11 is 0. The highest BCUT2D eigenvalue weighted by molar-refractivity contribution is 6.16. The number of anilines is 1. The molecular weight excluding hydrogens is 460 g/mol. The van der Waals surface area contributed by atoms with Gasteiger partial charge in [0.15, 0.2) is 0 Å². The highest BCUT2D eigenvalue weighted by atomic mass is 16.2. The summed E-state index contributed by atoms with van der Waals surface area (Å²) in [5.74, 6) is -0.334. The molecule has 0 spiro atoms. The third-order valence-electron chi connectivity index (χ3n) is 6.64. The second-order valence-corrected chi connectivity index (χ2v) is 9.60. The maximum absolute atomic E-state index is 13.0. The molecule has 6 heteroatoms. The van der Waals surface area contributed by atoms with E-state index in [0.29, 0.717) is 13.0 Å². The standard InChI is InChI=1S/C31H36N4O2/c1-23(32-29(36)21-11-4-8-16-24-14-6-3-7-15-24)31(37)34-28-22-35(2)27-20-13-12-19-26(27)30(33-28)25-17-9-5-10-18-25/h3,5-7,9-10,12-15,17-20,23,28H,4,8,11,16,21-22H2,1-2H3,(H,32,36)(H,34,37)/t23-,28+/m0/s1. The molecule has 4 rings (SSSR count). The number of likely N-dealkylation sites (N-methyl/N-ethyl adjacent to an activating group) is 1. The molecule has 2 atom stereocenters. The van der Waals surface area contributed by atoms with E-state index in [4.69, 9.17) is 4.99 Å². The van der Waals surface area contributed by atoms with Crippen LogP contribution >= 0.6 is 0 Å². The summed E-state index contributed by atoms with van der Waals surface area (Å²) in [7, 11) is 2.00. The fraction of sp³-hybridized carbons (Fsp3) is 0.323. The van der Waals surface area contributed by atoms with Crippen molar-refractivity contribution in [1.82, 2.24) is 10.6 Å². The predicted molar refractivity (Wildman–Crippen MR) is 150 cm³/mol. The topological polar surface area (TPSA) is 73.8 Å². The van der Waals surface area contributed by atoms with Gasteiger partial charge in [-0.1, -0.05) is 85.3 Å². The number of benzene rings is 3. The lowest BCUT2D eigenvalue weighted by atomic mass is 10.0. The molecule has 0 aromatic heterocycles. The Hall–Kier alpha value is -3.93. The zero-order valence-electron chi connectivity index (χ0n) is 21.7. The van der Waals surface area contributed by atoms with Crippen molar-refractivity contribution >= 4 is 23.2 Å². The summed E-state index contributed by atoms with van der Waals surface area (Å²) < 4.78 is 0. The van der Waals surface area contributed by atoms with Gasteiger partial charge in [0.2, 0.25) is 11.8 Å². The van der Waals surface area contributed by atoms with Gasteiger partial charge in [-0.15, -0.1) is 0 Å². The minimum absolute atomic E-state index is 0.0961. The van der Waals surface area contributed by atoms with Gasteiger partial charge in [0.05, 0.1) is 12.3 Å². The molecule has 0 bridgehead atoms. The van der Waals surface area contributed by atoms with Crippen LogP contribution in [0.2, 0.25) is 0 Å². The first-order valence-corrected chi connectivity index (χ1v) is 13.1. The average Bonchev–Trinajstić information content (AvgIpc) is 3.05. The van der Waals surface area contributed by atoms with E-state index in [2.05, 4.69) is 51.9 Å². The molecule has 3 aromatic carbocycles. The van der Waals surface area contributed by atoms with Crippen LogP contribution in [-0.4, -0.2) is 43.3 Å². The maximum atomic E-state index is 13.0. The van der Waals surface area contributed by atoms with Crippen LogP contribution in [0.15, 0.2) is 89.9 Å². The molecule has 2 amide bonds. The monoisotopic (exact) mass is 496 g/mol. The van der Waals surface area contributed by atoms with E-state index in [1.165, 1.54) is 5.56 Å². The molecule has 2 N–H and O–H groups in total. The number of unbranched alkanes of at least 4 members (excludes halogenated alkanes) is 2. The summed E-state index contributed by atoms with van der Waals surface area (Å²) in [4.78, 5) is 32.5. The van der Waals surface area contributed by atoms with E-state index in [0.717, 1.165) is 48.2 Å².